The second-order valence-electron chi connectivity index (χ2n) is 7.19. The van der Waals surface area contributed by atoms with E-state index in [4.69, 9.17) is 4.74 Å². The lowest BCUT2D eigenvalue weighted by Crippen LogP contribution is -2.39. The van der Waals surface area contributed by atoms with Gasteiger partial charge in [-0.3, -0.25) is 14.4 Å². The average molecular weight is 523 g/mol. The molecule has 3 aromatic rings. The van der Waals surface area contributed by atoms with Gasteiger partial charge in [-0.15, -0.1) is 0 Å². The van der Waals surface area contributed by atoms with E-state index in [1.165, 1.54) is 6.21 Å². The zero-order valence-corrected chi connectivity index (χ0v) is 19.9. The van der Waals surface area contributed by atoms with E-state index < -0.39 is 11.8 Å². The van der Waals surface area contributed by atoms with Crippen LogP contribution in [0.5, 0.6) is 5.75 Å². The number of carbonyl (C=O) groups is 3. The van der Waals surface area contributed by atoms with Crippen LogP contribution in [0.4, 0.5) is 5.69 Å². The molecular weight excluding hydrogens is 500 g/mol. The van der Waals surface area contributed by atoms with Gasteiger partial charge in [-0.05, 0) is 42.8 Å². The zero-order valence-electron chi connectivity index (χ0n) is 18.3. The first kappa shape index (κ1) is 24.7. The number of nitrogens with zero attached hydrogens (tertiary/aromatic N) is 1. The number of carbonyl (C=O) groups excluding carboxylic acids is 3. The Hall–Kier alpha value is -3.98. The number of nitrogens with one attached hydrogen (secondary N) is 3. The molecule has 0 unspecified atom stereocenters. The summed E-state index contributed by atoms with van der Waals surface area (Å²) >= 11 is 3.37. The molecule has 3 amide bonds. The first-order valence-corrected chi connectivity index (χ1v) is 11.2. The summed E-state index contributed by atoms with van der Waals surface area (Å²) in [7, 11) is 0. The van der Waals surface area contributed by atoms with Crippen LogP contribution in [-0.2, 0) is 14.4 Å². The third kappa shape index (κ3) is 7.56. The van der Waals surface area contributed by atoms with Gasteiger partial charge in [0.2, 0.25) is 0 Å². The normalized spacial score (nSPS) is 11.5. The maximum Gasteiger partial charge on any atom is 0.329 e. The highest BCUT2D eigenvalue weighted by atomic mass is 79.9. The largest absolute Gasteiger partial charge is 0.483 e. The van der Waals surface area contributed by atoms with Crippen molar-refractivity contribution in [2.24, 2.45) is 5.10 Å². The summed E-state index contributed by atoms with van der Waals surface area (Å²) in [5.74, 6) is -1.66. The van der Waals surface area contributed by atoms with Gasteiger partial charge in [-0.25, -0.2) is 5.43 Å². The van der Waals surface area contributed by atoms with E-state index in [1.807, 2.05) is 48.5 Å². The smallest absolute Gasteiger partial charge is 0.329 e. The molecule has 8 nitrogen and oxygen atoms in total. The second-order valence-corrected chi connectivity index (χ2v) is 8.11. The van der Waals surface area contributed by atoms with Gasteiger partial charge in [0.1, 0.15) is 5.75 Å². The van der Waals surface area contributed by atoms with Crippen molar-refractivity contribution in [3.8, 4) is 5.75 Å². The van der Waals surface area contributed by atoms with Crippen molar-refractivity contribution in [1.29, 1.82) is 0 Å². The number of benzene rings is 3. The molecule has 1 atom stereocenters. The van der Waals surface area contributed by atoms with E-state index in [1.54, 1.807) is 37.3 Å². The number of hydrogen-bond donors (Lipinski definition) is 3. The molecular formula is C25H23BrN4O4. The van der Waals surface area contributed by atoms with Gasteiger partial charge < -0.3 is 15.4 Å². The van der Waals surface area contributed by atoms with E-state index in [0.29, 0.717) is 17.0 Å². The fourth-order valence-corrected chi connectivity index (χ4v) is 3.29. The van der Waals surface area contributed by atoms with E-state index >= 15 is 0 Å². The highest BCUT2D eigenvalue weighted by Crippen LogP contribution is 2.22. The molecule has 3 rings (SSSR count). The summed E-state index contributed by atoms with van der Waals surface area (Å²) in [4.78, 5) is 36.4. The molecule has 3 aromatic carbocycles. The molecule has 0 saturated heterocycles. The maximum atomic E-state index is 12.2. The molecule has 0 aliphatic heterocycles. The van der Waals surface area contributed by atoms with Crippen LogP contribution in [0, 0.1) is 0 Å². The van der Waals surface area contributed by atoms with Crippen molar-refractivity contribution in [2.75, 3.05) is 11.9 Å². The molecule has 0 aromatic heterocycles. The minimum atomic E-state index is -0.904. The van der Waals surface area contributed by atoms with Gasteiger partial charge in [-0.1, -0.05) is 64.5 Å². The highest BCUT2D eigenvalue weighted by molar-refractivity contribution is 9.10. The summed E-state index contributed by atoms with van der Waals surface area (Å²) in [6.07, 6.45) is 1.33. The predicted molar refractivity (Wildman–Crippen MR) is 133 cm³/mol. The van der Waals surface area contributed by atoms with Gasteiger partial charge in [0.25, 0.3) is 5.91 Å². The van der Waals surface area contributed by atoms with Crippen molar-refractivity contribution in [1.82, 2.24) is 10.7 Å². The summed E-state index contributed by atoms with van der Waals surface area (Å²) in [5, 5.41) is 9.20. The molecule has 0 heterocycles. The number of halogens is 1. The number of hydrogen-bond acceptors (Lipinski definition) is 5. The standard InChI is InChI=1S/C25H23BrN4O4/c1-17(18-8-4-2-5-9-18)28-24(32)25(33)30-27-15-19-14-20(26)12-13-22(19)34-16-23(31)29-21-10-6-3-7-11-21/h2-15,17H,16H2,1H3,(H,28,32)(H,29,31)(H,30,33)/b27-15-/t17-/m0/s1. The molecule has 9 heteroatoms. The van der Waals surface area contributed by atoms with E-state index in [0.717, 1.165) is 10.0 Å². The first-order valence-electron chi connectivity index (χ1n) is 10.4. The lowest BCUT2D eigenvalue weighted by atomic mass is 10.1. The molecule has 0 radical (unpaired) electrons. The Labute approximate surface area is 205 Å². The Bertz CT molecular complexity index is 1170. The molecule has 0 spiro atoms. The minimum Gasteiger partial charge on any atom is -0.483 e. The Morgan fingerprint density at radius 1 is 0.971 bits per heavy atom. The fourth-order valence-electron chi connectivity index (χ4n) is 2.91. The van der Waals surface area contributed by atoms with Gasteiger partial charge in [0.15, 0.2) is 6.61 Å². The quantitative estimate of drug-likeness (QED) is 0.237. The van der Waals surface area contributed by atoms with Gasteiger partial charge >= 0.3 is 11.8 Å². The Morgan fingerprint density at radius 2 is 1.65 bits per heavy atom. The van der Waals surface area contributed by atoms with Crippen LogP contribution in [0.15, 0.2) is 88.4 Å². The van der Waals surface area contributed by atoms with Crippen molar-refractivity contribution in [3.05, 3.63) is 94.5 Å². The zero-order chi connectivity index (χ0) is 24.3. The van der Waals surface area contributed by atoms with Gasteiger partial charge in [0.05, 0.1) is 12.3 Å². The highest BCUT2D eigenvalue weighted by Gasteiger charge is 2.16. The second kappa shape index (κ2) is 12.3. The molecule has 0 bridgehead atoms. The molecule has 3 N–H and O–H groups in total. The molecule has 174 valence electrons. The monoisotopic (exact) mass is 522 g/mol. The lowest BCUT2D eigenvalue weighted by Gasteiger charge is -2.13. The van der Waals surface area contributed by atoms with Crippen LogP contribution in [0.1, 0.15) is 24.1 Å². The van der Waals surface area contributed by atoms with E-state index in [-0.39, 0.29) is 18.6 Å². The van der Waals surface area contributed by atoms with Crippen LogP contribution in [-0.4, -0.2) is 30.5 Å². The Morgan fingerprint density at radius 3 is 2.35 bits per heavy atom. The first-order chi connectivity index (χ1) is 16.4. The summed E-state index contributed by atoms with van der Waals surface area (Å²) in [5.41, 5.74) is 4.24. The third-order valence-corrected chi connectivity index (χ3v) is 5.10. The number of rotatable bonds is 8. The molecule has 0 saturated carbocycles. The number of ether oxygens (including phenoxy) is 1. The van der Waals surface area contributed by atoms with E-state index in [2.05, 4.69) is 37.1 Å². The maximum absolute atomic E-state index is 12.2. The average Bonchev–Trinajstić information content (AvgIpc) is 2.84. The van der Waals surface area contributed by atoms with Gasteiger partial charge in [0, 0.05) is 15.7 Å². The molecule has 0 aliphatic rings. The fraction of sp³-hybridized carbons (Fsp3) is 0.120. The topological polar surface area (TPSA) is 109 Å². The molecule has 0 fully saturated rings. The van der Waals surface area contributed by atoms with Crippen LogP contribution in [0.3, 0.4) is 0 Å². The Kier molecular flexibility index (Phi) is 8.93. The summed E-state index contributed by atoms with van der Waals surface area (Å²) in [6.45, 7) is 1.56. The predicted octanol–water partition coefficient (Wildman–Crippen LogP) is 3.79. The van der Waals surface area contributed by atoms with Crippen molar-refractivity contribution in [2.45, 2.75) is 13.0 Å². The van der Waals surface area contributed by atoms with E-state index in [9.17, 15) is 14.4 Å². The Balaban J connectivity index is 1.55. The number of anilines is 1. The summed E-state index contributed by atoms with van der Waals surface area (Å²) in [6, 6.07) is 23.1. The third-order valence-electron chi connectivity index (χ3n) is 4.61. The van der Waals surface area contributed by atoms with Crippen molar-refractivity contribution >= 4 is 45.6 Å². The van der Waals surface area contributed by atoms with Gasteiger partial charge in [-0.2, -0.15) is 5.10 Å². The minimum absolute atomic E-state index is 0.219. The lowest BCUT2D eigenvalue weighted by molar-refractivity contribution is -0.139. The molecule has 34 heavy (non-hydrogen) atoms. The molecule has 0 aliphatic carbocycles. The number of hydrazone groups is 1. The van der Waals surface area contributed by atoms with Crippen LogP contribution >= 0.6 is 15.9 Å². The van der Waals surface area contributed by atoms with Crippen molar-refractivity contribution < 1.29 is 19.1 Å². The SMILES string of the molecule is C[C@H](NC(=O)C(=O)N/N=C\c1cc(Br)ccc1OCC(=O)Nc1ccccc1)c1ccccc1. The number of para-hydroxylation sites is 1. The van der Waals surface area contributed by atoms with Crippen LogP contribution in [0.25, 0.3) is 0 Å². The van der Waals surface area contributed by atoms with Crippen LogP contribution in [0.2, 0.25) is 0 Å². The van der Waals surface area contributed by atoms with Crippen LogP contribution < -0.4 is 20.8 Å². The summed E-state index contributed by atoms with van der Waals surface area (Å²) < 4.78 is 6.36. The number of amides is 3. The van der Waals surface area contributed by atoms with Crippen molar-refractivity contribution in [3.63, 3.8) is 0 Å².